The Labute approximate surface area is 115 Å². The van der Waals surface area contributed by atoms with Gasteiger partial charge in [-0.25, -0.2) is 4.79 Å². The number of hydrogen-bond acceptors (Lipinski definition) is 3. The molecule has 0 radical (unpaired) electrons. The van der Waals surface area contributed by atoms with Crippen molar-refractivity contribution in [2.45, 2.75) is 45.6 Å². The standard InChI is InChI=1S/C16H24O3/c1-3-9-15(16(17)18-4-2)19-13-8-12-14-10-6-5-7-11-14/h5-7,10-11,15H,3-4,8-9,12-13H2,1-2H3. The molecule has 0 aliphatic carbocycles. The fourth-order valence-electron chi connectivity index (χ4n) is 1.91. The van der Waals surface area contributed by atoms with E-state index in [9.17, 15) is 4.79 Å². The highest BCUT2D eigenvalue weighted by Gasteiger charge is 2.18. The molecule has 0 bridgehead atoms. The van der Waals surface area contributed by atoms with Gasteiger partial charge in [-0.05, 0) is 31.7 Å². The Hall–Kier alpha value is -1.35. The Bertz CT molecular complexity index is 348. The average Bonchev–Trinajstić information content (AvgIpc) is 2.43. The number of esters is 1. The van der Waals surface area contributed by atoms with Gasteiger partial charge < -0.3 is 9.47 Å². The summed E-state index contributed by atoms with van der Waals surface area (Å²) in [6.07, 6.45) is 3.14. The van der Waals surface area contributed by atoms with Crippen molar-refractivity contribution in [1.82, 2.24) is 0 Å². The lowest BCUT2D eigenvalue weighted by Gasteiger charge is -2.15. The number of carbonyl (C=O) groups excluding carboxylic acids is 1. The monoisotopic (exact) mass is 264 g/mol. The molecule has 19 heavy (non-hydrogen) atoms. The number of ether oxygens (including phenoxy) is 2. The molecule has 0 amide bonds. The highest BCUT2D eigenvalue weighted by molar-refractivity contribution is 5.74. The van der Waals surface area contributed by atoms with Crippen LogP contribution in [0, 0.1) is 0 Å². The van der Waals surface area contributed by atoms with Gasteiger partial charge in [0.15, 0.2) is 6.10 Å². The molecule has 1 aromatic carbocycles. The van der Waals surface area contributed by atoms with Crippen LogP contribution in [0.15, 0.2) is 30.3 Å². The summed E-state index contributed by atoms with van der Waals surface area (Å²) in [5.74, 6) is -0.232. The van der Waals surface area contributed by atoms with Crippen LogP contribution in [0.5, 0.6) is 0 Å². The number of aryl methyl sites for hydroxylation is 1. The van der Waals surface area contributed by atoms with Gasteiger partial charge in [0.25, 0.3) is 0 Å². The Morgan fingerprint density at radius 3 is 2.58 bits per heavy atom. The van der Waals surface area contributed by atoms with Crippen LogP contribution in [0.4, 0.5) is 0 Å². The van der Waals surface area contributed by atoms with Crippen LogP contribution in [0.2, 0.25) is 0 Å². The maximum absolute atomic E-state index is 11.7. The van der Waals surface area contributed by atoms with Crippen LogP contribution in [0.3, 0.4) is 0 Å². The highest BCUT2D eigenvalue weighted by Crippen LogP contribution is 2.08. The summed E-state index contributed by atoms with van der Waals surface area (Å²) in [5.41, 5.74) is 1.30. The lowest BCUT2D eigenvalue weighted by atomic mass is 10.1. The second-order valence-corrected chi connectivity index (χ2v) is 4.49. The maximum atomic E-state index is 11.7. The zero-order chi connectivity index (χ0) is 13.9. The molecule has 106 valence electrons. The van der Waals surface area contributed by atoms with E-state index in [1.807, 2.05) is 32.0 Å². The highest BCUT2D eigenvalue weighted by atomic mass is 16.6. The summed E-state index contributed by atoms with van der Waals surface area (Å²) in [6.45, 7) is 4.86. The molecule has 0 saturated heterocycles. The van der Waals surface area contributed by atoms with E-state index in [4.69, 9.17) is 9.47 Å². The van der Waals surface area contributed by atoms with Gasteiger partial charge in [0.1, 0.15) is 0 Å². The molecule has 1 unspecified atom stereocenters. The van der Waals surface area contributed by atoms with Crippen LogP contribution in [-0.4, -0.2) is 25.3 Å². The minimum Gasteiger partial charge on any atom is -0.464 e. The Morgan fingerprint density at radius 2 is 1.95 bits per heavy atom. The SMILES string of the molecule is CCCC(OCCCc1ccccc1)C(=O)OCC. The number of carbonyl (C=O) groups is 1. The van der Waals surface area contributed by atoms with Gasteiger partial charge in [0.05, 0.1) is 6.61 Å². The first-order valence-corrected chi connectivity index (χ1v) is 7.10. The Morgan fingerprint density at radius 1 is 1.21 bits per heavy atom. The van der Waals surface area contributed by atoms with Crippen molar-refractivity contribution >= 4 is 5.97 Å². The van der Waals surface area contributed by atoms with Gasteiger partial charge in [-0.3, -0.25) is 0 Å². The molecule has 0 aliphatic rings. The van der Waals surface area contributed by atoms with Gasteiger partial charge in [-0.15, -0.1) is 0 Å². The molecule has 0 saturated carbocycles. The number of rotatable bonds is 9. The van der Waals surface area contributed by atoms with E-state index in [2.05, 4.69) is 12.1 Å². The molecular formula is C16H24O3. The Kier molecular flexibility index (Phi) is 7.91. The third kappa shape index (κ3) is 6.39. The van der Waals surface area contributed by atoms with Gasteiger partial charge >= 0.3 is 5.97 Å². The summed E-state index contributed by atoms with van der Waals surface area (Å²) in [4.78, 5) is 11.7. The van der Waals surface area contributed by atoms with E-state index in [1.54, 1.807) is 0 Å². The molecule has 0 heterocycles. The molecule has 0 fully saturated rings. The first kappa shape index (κ1) is 15.7. The van der Waals surface area contributed by atoms with Crippen molar-refractivity contribution in [3.63, 3.8) is 0 Å². The van der Waals surface area contributed by atoms with Crippen molar-refractivity contribution in [3.8, 4) is 0 Å². The zero-order valence-corrected chi connectivity index (χ0v) is 11.9. The van der Waals surface area contributed by atoms with Crippen molar-refractivity contribution in [2.24, 2.45) is 0 Å². The number of hydrogen-bond donors (Lipinski definition) is 0. The predicted molar refractivity (Wildman–Crippen MR) is 76.0 cm³/mol. The van der Waals surface area contributed by atoms with Crippen LogP contribution in [0.25, 0.3) is 0 Å². The molecule has 0 spiro atoms. The fraction of sp³-hybridized carbons (Fsp3) is 0.562. The van der Waals surface area contributed by atoms with Crippen LogP contribution in [0.1, 0.15) is 38.7 Å². The van der Waals surface area contributed by atoms with Crippen molar-refractivity contribution in [3.05, 3.63) is 35.9 Å². The summed E-state index contributed by atoms with van der Waals surface area (Å²) >= 11 is 0. The van der Waals surface area contributed by atoms with E-state index < -0.39 is 6.10 Å². The topological polar surface area (TPSA) is 35.5 Å². The summed E-state index contributed by atoms with van der Waals surface area (Å²) in [5, 5.41) is 0. The smallest absolute Gasteiger partial charge is 0.335 e. The van der Waals surface area contributed by atoms with Gasteiger partial charge in [0, 0.05) is 6.61 Å². The van der Waals surface area contributed by atoms with E-state index in [-0.39, 0.29) is 5.97 Å². The summed E-state index contributed by atoms with van der Waals surface area (Å²) in [7, 11) is 0. The average molecular weight is 264 g/mol. The van der Waals surface area contributed by atoms with Gasteiger partial charge in [0.2, 0.25) is 0 Å². The fourth-order valence-corrected chi connectivity index (χ4v) is 1.91. The lowest BCUT2D eigenvalue weighted by Crippen LogP contribution is -2.27. The second-order valence-electron chi connectivity index (χ2n) is 4.49. The largest absolute Gasteiger partial charge is 0.464 e. The summed E-state index contributed by atoms with van der Waals surface area (Å²) in [6, 6.07) is 10.3. The quantitative estimate of drug-likeness (QED) is 0.507. The molecule has 0 aromatic heterocycles. The van der Waals surface area contributed by atoms with E-state index >= 15 is 0 Å². The molecule has 3 nitrogen and oxygen atoms in total. The van der Waals surface area contributed by atoms with Crippen molar-refractivity contribution < 1.29 is 14.3 Å². The van der Waals surface area contributed by atoms with Crippen molar-refractivity contribution in [2.75, 3.05) is 13.2 Å². The molecule has 1 rings (SSSR count). The number of benzene rings is 1. The molecule has 1 aromatic rings. The molecule has 1 atom stereocenters. The first-order valence-electron chi connectivity index (χ1n) is 7.10. The van der Waals surface area contributed by atoms with Gasteiger partial charge in [-0.2, -0.15) is 0 Å². The zero-order valence-electron chi connectivity index (χ0n) is 11.9. The van der Waals surface area contributed by atoms with Crippen molar-refractivity contribution in [1.29, 1.82) is 0 Å². The van der Waals surface area contributed by atoms with E-state index in [0.717, 1.165) is 25.7 Å². The lowest BCUT2D eigenvalue weighted by molar-refractivity contribution is -0.157. The molecule has 3 heteroatoms. The molecular weight excluding hydrogens is 240 g/mol. The second kappa shape index (κ2) is 9.56. The molecule has 0 aliphatic heterocycles. The van der Waals surface area contributed by atoms with E-state index in [1.165, 1.54) is 5.56 Å². The van der Waals surface area contributed by atoms with Crippen LogP contribution >= 0.6 is 0 Å². The van der Waals surface area contributed by atoms with Crippen LogP contribution < -0.4 is 0 Å². The molecule has 0 N–H and O–H groups in total. The normalized spacial score (nSPS) is 12.1. The van der Waals surface area contributed by atoms with E-state index in [0.29, 0.717) is 13.2 Å². The minimum atomic E-state index is -0.402. The first-order chi connectivity index (χ1) is 9.27. The van der Waals surface area contributed by atoms with Gasteiger partial charge in [-0.1, -0.05) is 43.7 Å². The third-order valence-corrected chi connectivity index (χ3v) is 2.87. The predicted octanol–water partition coefficient (Wildman–Crippen LogP) is 3.37. The summed E-state index contributed by atoms with van der Waals surface area (Å²) < 4.78 is 10.7. The minimum absolute atomic E-state index is 0.232. The third-order valence-electron chi connectivity index (χ3n) is 2.87. The van der Waals surface area contributed by atoms with Crippen LogP contribution in [-0.2, 0) is 20.7 Å². The Balaban J connectivity index is 2.26. The maximum Gasteiger partial charge on any atom is 0.335 e.